The van der Waals surface area contributed by atoms with Crippen molar-refractivity contribution in [2.45, 2.75) is 39.5 Å². The number of allylic oxidation sites excluding steroid dienone is 2. The summed E-state index contributed by atoms with van der Waals surface area (Å²) >= 11 is 5.32. The molecule has 4 rings (SSSR count). The number of rotatable bonds is 12. The fraction of sp³-hybridized carbons (Fsp3) is 0.242. The van der Waals surface area contributed by atoms with Crippen molar-refractivity contribution in [3.63, 3.8) is 0 Å². The fourth-order valence-electron chi connectivity index (χ4n) is 4.32. The highest BCUT2D eigenvalue weighted by Gasteiger charge is 2.34. The number of nitrogens with one attached hydrogen (secondary N) is 1. The molecule has 1 saturated heterocycles. The summed E-state index contributed by atoms with van der Waals surface area (Å²) in [6, 6.07) is 24.8. The zero-order valence-corrected chi connectivity index (χ0v) is 23.8. The predicted octanol–water partition coefficient (Wildman–Crippen LogP) is 7.27. The normalized spacial score (nSPS) is 14.6. The first-order valence-electron chi connectivity index (χ1n) is 13.8. The molecule has 1 N–H and O–H groups in total. The maximum absolute atomic E-state index is 13.3. The molecule has 0 unspecified atom stereocenters. The minimum atomic E-state index is -0.516. The summed E-state index contributed by atoms with van der Waals surface area (Å²) in [5, 5.41) is 2.66. The highest BCUT2D eigenvalue weighted by Crippen LogP contribution is 2.26. The quantitative estimate of drug-likeness (QED) is 0.145. The monoisotopic (exact) mass is 553 g/mol. The lowest BCUT2D eigenvalue weighted by Gasteiger charge is -2.28. The zero-order chi connectivity index (χ0) is 28.3. The molecule has 1 aliphatic rings. The van der Waals surface area contributed by atoms with Crippen molar-refractivity contribution in [2.24, 2.45) is 0 Å². The Balaban J connectivity index is 1.45. The van der Waals surface area contributed by atoms with Crippen LogP contribution in [-0.4, -0.2) is 30.0 Å². The van der Waals surface area contributed by atoms with Gasteiger partial charge in [0.15, 0.2) is 5.11 Å². The lowest BCUT2D eigenvalue weighted by Crippen LogP contribution is -2.54. The average molecular weight is 554 g/mol. The molecule has 0 spiro atoms. The van der Waals surface area contributed by atoms with Crippen LogP contribution in [0.4, 0.5) is 11.4 Å². The van der Waals surface area contributed by atoms with Gasteiger partial charge in [-0.05, 0) is 85.2 Å². The van der Waals surface area contributed by atoms with E-state index in [0.29, 0.717) is 17.2 Å². The van der Waals surface area contributed by atoms with E-state index in [2.05, 4.69) is 48.3 Å². The molecular weight excluding hydrogens is 518 g/mol. The van der Waals surface area contributed by atoms with E-state index in [1.54, 1.807) is 30.3 Å². The number of hydrogen-bond acceptors (Lipinski definition) is 5. The van der Waals surface area contributed by atoms with Gasteiger partial charge in [-0.2, -0.15) is 0 Å². The fourth-order valence-corrected chi connectivity index (χ4v) is 4.60. The van der Waals surface area contributed by atoms with Crippen molar-refractivity contribution < 1.29 is 14.3 Å². The number of thiocarbonyl (C=S) groups is 1. The number of carbonyl (C=O) groups is 2. The Hall–Kier alpha value is -4.23. The zero-order valence-electron chi connectivity index (χ0n) is 23.0. The Kier molecular flexibility index (Phi) is 10.2. The van der Waals surface area contributed by atoms with Gasteiger partial charge in [0.25, 0.3) is 11.8 Å². The first kappa shape index (κ1) is 28.8. The molecule has 0 saturated carbocycles. The molecule has 1 fully saturated rings. The molecule has 0 atom stereocenters. The van der Waals surface area contributed by atoms with Crippen molar-refractivity contribution in [3.8, 4) is 11.5 Å². The van der Waals surface area contributed by atoms with Gasteiger partial charge in [-0.1, -0.05) is 69.2 Å². The van der Waals surface area contributed by atoms with Gasteiger partial charge in [-0.15, -0.1) is 0 Å². The van der Waals surface area contributed by atoms with E-state index >= 15 is 0 Å². The van der Waals surface area contributed by atoms with E-state index in [-0.39, 0.29) is 10.7 Å². The highest BCUT2D eigenvalue weighted by molar-refractivity contribution is 7.80. The molecule has 1 aliphatic heterocycles. The molecule has 40 heavy (non-hydrogen) atoms. The van der Waals surface area contributed by atoms with Gasteiger partial charge in [-0.25, -0.2) is 0 Å². The van der Waals surface area contributed by atoms with Gasteiger partial charge >= 0.3 is 0 Å². The smallest absolute Gasteiger partial charge is 0.270 e. The van der Waals surface area contributed by atoms with Gasteiger partial charge in [0, 0.05) is 18.8 Å². The van der Waals surface area contributed by atoms with Crippen LogP contribution < -0.4 is 19.9 Å². The Labute approximate surface area is 241 Å². The third-order valence-electron chi connectivity index (χ3n) is 6.55. The van der Waals surface area contributed by atoms with E-state index < -0.39 is 11.8 Å². The molecule has 3 aromatic rings. The maximum Gasteiger partial charge on any atom is 0.270 e. The molecule has 1 heterocycles. The highest BCUT2D eigenvalue weighted by atomic mass is 32.1. The largest absolute Gasteiger partial charge is 0.457 e. The second-order valence-corrected chi connectivity index (χ2v) is 9.92. The Morgan fingerprint density at radius 2 is 1.48 bits per heavy atom. The third-order valence-corrected chi connectivity index (χ3v) is 6.83. The van der Waals surface area contributed by atoms with Crippen molar-refractivity contribution >= 4 is 46.6 Å². The van der Waals surface area contributed by atoms with Crippen LogP contribution in [0.15, 0.2) is 96.6 Å². The van der Waals surface area contributed by atoms with E-state index in [1.165, 1.54) is 42.3 Å². The molecule has 0 aliphatic carbocycles. The minimum absolute atomic E-state index is 0.0105. The lowest BCUT2D eigenvalue weighted by molar-refractivity contribution is -0.122. The van der Waals surface area contributed by atoms with Gasteiger partial charge in [-0.3, -0.25) is 19.8 Å². The minimum Gasteiger partial charge on any atom is -0.457 e. The lowest BCUT2D eigenvalue weighted by atomic mass is 10.1. The summed E-state index contributed by atoms with van der Waals surface area (Å²) in [6.07, 6.45) is 9.80. The van der Waals surface area contributed by atoms with E-state index in [9.17, 15) is 9.59 Å². The summed E-state index contributed by atoms with van der Waals surface area (Å²) in [5.74, 6) is 0.340. The van der Waals surface area contributed by atoms with E-state index in [0.717, 1.165) is 18.7 Å². The number of para-hydroxylation sites is 1. The summed E-state index contributed by atoms with van der Waals surface area (Å²) < 4.78 is 5.83. The Morgan fingerprint density at radius 3 is 2.10 bits per heavy atom. The van der Waals surface area contributed by atoms with Crippen molar-refractivity contribution in [3.05, 3.63) is 102 Å². The van der Waals surface area contributed by atoms with Crippen molar-refractivity contribution in [1.29, 1.82) is 0 Å². The van der Waals surface area contributed by atoms with Gasteiger partial charge < -0.3 is 9.64 Å². The van der Waals surface area contributed by atoms with Crippen LogP contribution >= 0.6 is 12.2 Å². The number of amides is 2. The molecule has 0 aromatic heterocycles. The molecule has 0 radical (unpaired) electrons. The van der Waals surface area contributed by atoms with E-state index in [1.807, 2.05) is 36.4 Å². The second-order valence-electron chi connectivity index (χ2n) is 9.53. The van der Waals surface area contributed by atoms with Crippen LogP contribution in [0, 0.1) is 0 Å². The number of carbonyl (C=O) groups excluding carboxylic acids is 2. The average Bonchev–Trinajstić information content (AvgIpc) is 2.97. The molecule has 206 valence electrons. The van der Waals surface area contributed by atoms with Crippen LogP contribution in [0.25, 0.3) is 6.08 Å². The molecule has 0 bridgehead atoms. The van der Waals surface area contributed by atoms with Crippen LogP contribution in [0.5, 0.6) is 11.5 Å². The summed E-state index contributed by atoms with van der Waals surface area (Å²) in [7, 11) is 0. The van der Waals surface area contributed by atoms with Crippen LogP contribution in [-0.2, 0) is 9.59 Å². The number of hydrogen-bond donors (Lipinski definition) is 1. The Bertz CT molecular complexity index is 1360. The second kappa shape index (κ2) is 14.2. The standard InChI is InChI=1S/C33H35N3O3S/c1-3-5-23-35(24-6-4-2)26-17-15-25(16-18-26)11-10-14-30-31(37)34-33(40)36(32(30)38)27-19-21-29(22-20-27)39-28-12-8-7-9-13-28/h7-22H,3-6,23-24H2,1-2H3,(H,34,37,40)/b11-10-,30-14+. The summed E-state index contributed by atoms with van der Waals surface area (Å²) in [5.41, 5.74) is 2.74. The Morgan fingerprint density at radius 1 is 0.850 bits per heavy atom. The topological polar surface area (TPSA) is 61.9 Å². The molecule has 2 amide bonds. The summed E-state index contributed by atoms with van der Waals surface area (Å²) in [4.78, 5) is 29.7. The number of anilines is 2. The number of unbranched alkanes of at least 4 members (excludes halogenated alkanes) is 2. The summed E-state index contributed by atoms with van der Waals surface area (Å²) in [6.45, 7) is 6.52. The van der Waals surface area contributed by atoms with Crippen LogP contribution in [0.3, 0.4) is 0 Å². The first-order valence-corrected chi connectivity index (χ1v) is 14.2. The molecule has 3 aromatic carbocycles. The number of nitrogens with zero attached hydrogens (tertiary/aromatic N) is 2. The van der Waals surface area contributed by atoms with Crippen molar-refractivity contribution in [2.75, 3.05) is 22.9 Å². The maximum atomic E-state index is 13.3. The third kappa shape index (κ3) is 7.45. The molecular formula is C33H35N3O3S. The molecule has 7 heteroatoms. The van der Waals surface area contributed by atoms with Gasteiger partial charge in [0.2, 0.25) is 0 Å². The van der Waals surface area contributed by atoms with Crippen LogP contribution in [0.1, 0.15) is 45.1 Å². The van der Waals surface area contributed by atoms with E-state index in [4.69, 9.17) is 17.0 Å². The molecule has 6 nitrogen and oxygen atoms in total. The van der Waals surface area contributed by atoms with Crippen molar-refractivity contribution in [1.82, 2.24) is 5.32 Å². The van der Waals surface area contributed by atoms with Gasteiger partial charge in [0.1, 0.15) is 17.1 Å². The van der Waals surface area contributed by atoms with Crippen LogP contribution in [0.2, 0.25) is 0 Å². The predicted molar refractivity (Wildman–Crippen MR) is 167 cm³/mol. The number of ether oxygens (including phenoxy) is 1. The number of benzene rings is 3. The first-order chi connectivity index (χ1) is 19.5. The van der Waals surface area contributed by atoms with Gasteiger partial charge in [0.05, 0.1) is 5.69 Å². The SMILES string of the molecule is CCCCN(CCCC)c1ccc(/C=C\C=C2/C(=O)NC(=S)N(c3ccc(Oc4ccccc4)cc3)C2=O)cc1.